The molecule has 0 unspecified atom stereocenters. The highest BCUT2D eigenvalue weighted by Crippen LogP contribution is 2.25. The zero-order valence-electron chi connectivity index (χ0n) is 11.7. The fourth-order valence-corrected chi connectivity index (χ4v) is 2.30. The van der Waals surface area contributed by atoms with Crippen LogP contribution >= 0.6 is 0 Å². The Hall–Kier alpha value is -3.21. The minimum atomic E-state index is 0.674. The van der Waals surface area contributed by atoms with Crippen LogP contribution in [0.3, 0.4) is 0 Å². The highest BCUT2D eigenvalue weighted by molar-refractivity contribution is 5.88. The van der Waals surface area contributed by atoms with Crippen LogP contribution < -0.4 is 5.32 Å². The number of aromatic nitrogens is 4. The summed E-state index contributed by atoms with van der Waals surface area (Å²) in [5.74, 6) is 1.39. The van der Waals surface area contributed by atoms with Gasteiger partial charge < -0.3 is 5.32 Å². The molecular formula is C17H13N5. The first-order valence-corrected chi connectivity index (χ1v) is 6.99. The second kappa shape index (κ2) is 5.29. The summed E-state index contributed by atoms with van der Waals surface area (Å²) in [5, 5.41) is 10.3. The Kier molecular flexibility index (Phi) is 3.01. The van der Waals surface area contributed by atoms with E-state index in [2.05, 4.69) is 25.5 Å². The van der Waals surface area contributed by atoms with Gasteiger partial charge in [-0.15, -0.1) is 0 Å². The van der Waals surface area contributed by atoms with Crippen molar-refractivity contribution in [2.24, 2.45) is 0 Å². The molecule has 0 saturated heterocycles. The van der Waals surface area contributed by atoms with E-state index in [4.69, 9.17) is 0 Å². The second-order valence-electron chi connectivity index (χ2n) is 4.88. The molecule has 2 N–H and O–H groups in total. The summed E-state index contributed by atoms with van der Waals surface area (Å²) < 4.78 is 0. The Labute approximate surface area is 127 Å². The van der Waals surface area contributed by atoms with Crippen LogP contribution in [0.1, 0.15) is 0 Å². The Morgan fingerprint density at radius 2 is 1.55 bits per heavy atom. The van der Waals surface area contributed by atoms with Gasteiger partial charge in [-0.3, -0.25) is 5.10 Å². The van der Waals surface area contributed by atoms with Crippen molar-refractivity contribution in [3.05, 3.63) is 66.9 Å². The van der Waals surface area contributed by atoms with Crippen LogP contribution in [0.15, 0.2) is 66.9 Å². The minimum Gasteiger partial charge on any atom is -0.338 e. The summed E-state index contributed by atoms with van der Waals surface area (Å²) in [6, 6.07) is 19.8. The summed E-state index contributed by atoms with van der Waals surface area (Å²) in [6.07, 6.45) is 1.71. The largest absolute Gasteiger partial charge is 0.338 e. The lowest BCUT2D eigenvalue weighted by Gasteiger charge is -2.08. The zero-order valence-corrected chi connectivity index (χ0v) is 11.7. The SMILES string of the molecule is c1ccc(Nc2nc(-c3ccccc3)nc3cn[nH]c23)cc1. The molecule has 5 heteroatoms. The van der Waals surface area contributed by atoms with Gasteiger partial charge in [-0.2, -0.15) is 5.10 Å². The molecule has 4 aromatic rings. The van der Waals surface area contributed by atoms with Crippen LogP contribution in [0, 0.1) is 0 Å². The first kappa shape index (κ1) is 12.5. The van der Waals surface area contributed by atoms with E-state index in [0.717, 1.165) is 22.3 Å². The third kappa shape index (κ3) is 2.29. The van der Waals surface area contributed by atoms with E-state index < -0.39 is 0 Å². The second-order valence-corrected chi connectivity index (χ2v) is 4.88. The average molecular weight is 287 g/mol. The molecule has 0 aliphatic rings. The molecule has 4 rings (SSSR count). The maximum Gasteiger partial charge on any atom is 0.162 e. The van der Waals surface area contributed by atoms with Crippen LogP contribution in [-0.4, -0.2) is 20.2 Å². The third-order valence-corrected chi connectivity index (χ3v) is 3.37. The van der Waals surface area contributed by atoms with Crippen molar-refractivity contribution in [3.63, 3.8) is 0 Å². The van der Waals surface area contributed by atoms with Gasteiger partial charge in [0.25, 0.3) is 0 Å². The number of rotatable bonds is 3. The number of fused-ring (bicyclic) bond motifs is 1. The lowest BCUT2D eigenvalue weighted by atomic mass is 10.2. The molecule has 2 aromatic carbocycles. The molecule has 0 radical (unpaired) electrons. The summed E-state index contributed by atoms with van der Waals surface area (Å²) in [4.78, 5) is 9.21. The van der Waals surface area contributed by atoms with Crippen LogP contribution in [0.4, 0.5) is 11.5 Å². The molecule has 0 saturated carbocycles. The van der Waals surface area contributed by atoms with Crippen LogP contribution in [0.5, 0.6) is 0 Å². The maximum absolute atomic E-state index is 4.65. The van der Waals surface area contributed by atoms with E-state index in [9.17, 15) is 0 Å². The highest BCUT2D eigenvalue weighted by atomic mass is 15.2. The van der Waals surface area contributed by atoms with Gasteiger partial charge in [0, 0.05) is 11.3 Å². The molecule has 22 heavy (non-hydrogen) atoms. The van der Waals surface area contributed by atoms with E-state index in [1.54, 1.807) is 6.20 Å². The van der Waals surface area contributed by atoms with E-state index in [0.29, 0.717) is 11.6 Å². The fraction of sp³-hybridized carbons (Fsp3) is 0. The van der Waals surface area contributed by atoms with E-state index >= 15 is 0 Å². The van der Waals surface area contributed by atoms with Crippen LogP contribution in [-0.2, 0) is 0 Å². The summed E-state index contributed by atoms with van der Waals surface area (Å²) in [5.41, 5.74) is 3.52. The van der Waals surface area contributed by atoms with Gasteiger partial charge in [-0.05, 0) is 12.1 Å². The molecule has 5 nitrogen and oxygen atoms in total. The Morgan fingerprint density at radius 1 is 0.818 bits per heavy atom. The van der Waals surface area contributed by atoms with Crippen molar-refractivity contribution >= 4 is 22.5 Å². The number of nitrogens with one attached hydrogen (secondary N) is 2. The highest BCUT2D eigenvalue weighted by Gasteiger charge is 2.11. The fourth-order valence-electron chi connectivity index (χ4n) is 2.30. The first-order chi connectivity index (χ1) is 10.9. The third-order valence-electron chi connectivity index (χ3n) is 3.37. The number of aromatic amines is 1. The topological polar surface area (TPSA) is 66.5 Å². The van der Waals surface area contributed by atoms with Gasteiger partial charge in [-0.1, -0.05) is 48.5 Å². The quantitative estimate of drug-likeness (QED) is 0.602. The van der Waals surface area contributed by atoms with Crippen LogP contribution in [0.25, 0.3) is 22.4 Å². The van der Waals surface area contributed by atoms with Crippen molar-refractivity contribution < 1.29 is 0 Å². The molecule has 0 aliphatic carbocycles. The molecule has 2 aromatic heterocycles. The average Bonchev–Trinajstić information content (AvgIpc) is 3.05. The minimum absolute atomic E-state index is 0.674. The van der Waals surface area contributed by atoms with Gasteiger partial charge in [0.1, 0.15) is 11.0 Å². The number of hydrogen-bond acceptors (Lipinski definition) is 4. The predicted octanol–water partition coefficient (Wildman–Crippen LogP) is 3.76. The van der Waals surface area contributed by atoms with Crippen molar-refractivity contribution in [2.45, 2.75) is 0 Å². The molecule has 0 aliphatic heterocycles. The van der Waals surface area contributed by atoms with Crippen molar-refractivity contribution in [1.29, 1.82) is 0 Å². The Bertz CT molecular complexity index is 900. The van der Waals surface area contributed by atoms with Gasteiger partial charge in [0.15, 0.2) is 11.6 Å². The predicted molar refractivity (Wildman–Crippen MR) is 86.8 cm³/mol. The normalized spacial score (nSPS) is 10.7. The lowest BCUT2D eigenvalue weighted by Crippen LogP contribution is -1.98. The molecule has 0 atom stereocenters. The maximum atomic E-state index is 4.65. The monoisotopic (exact) mass is 287 g/mol. The number of hydrogen-bond donors (Lipinski definition) is 2. The van der Waals surface area contributed by atoms with E-state index in [-0.39, 0.29) is 0 Å². The molecule has 0 bridgehead atoms. The van der Waals surface area contributed by atoms with Crippen LogP contribution in [0.2, 0.25) is 0 Å². The molecule has 2 heterocycles. The zero-order chi connectivity index (χ0) is 14.8. The van der Waals surface area contributed by atoms with Gasteiger partial charge in [0.2, 0.25) is 0 Å². The number of anilines is 2. The number of benzene rings is 2. The molecular weight excluding hydrogens is 274 g/mol. The number of nitrogens with zero attached hydrogens (tertiary/aromatic N) is 3. The molecule has 106 valence electrons. The van der Waals surface area contributed by atoms with Crippen molar-refractivity contribution in [3.8, 4) is 11.4 Å². The first-order valence-electron chi connectivity index (χ1n) is 6.99. The smallest absolute Gasteiger partial charge is 0.162 e. The summed E-state index contributed by atoms with van der Waals surface area (Å²) >= 11 is 0. The van der Waals surface area contributed by atoms with Crippen molar-refractivity contribution in [2.75, 3.05) is 5.32 Å². The standard InChI is InChI=1S/C17H13N5/c1-3-7-12(8-4-1)16-20-14-11-18-22-15(14)17(21-16)19-13-9-5-2-6-10-13/h1-11H,(H,18,22)(H,19,20,21). The lowest BCUT2D eigenvalue weighted by molar-refractivity contribution is 1.11. The van der Waals surface area contributed by atoms with Gasteiger partial charge >= 0.3 is 0 Å². The molecule has 0 fully saturated rings. The Balaban J connectivity index is 1.84. The van der Waals surface area contributed by atoms with E-state index in [1.165, 1.54) is 0 Å². The van der Waals surface area contributed by atoms with E-state index in [1.807, 2.05) is 60.7 Å². The van der Waals surface area contributed by atoms with Gasteiger partial charge in [0.05, 0.1) is 6.20 Å². The summed E-state index contributed by atoms with van der Waals surface area (Å²) in [7, 11) is 0. The molecule has 0 spiro atoms. The summed E-state index contributed by atoms with van der Waals surface area (Å²) in [6.45, 7) is 0. The van der Waals surface area contributed by atoms with Gasteiger partial charge in [-0.25, -0.2) is 9.97 Å². The number of H-pyrrole nitrogens is 1. The molecule has 0 amide bonds. The number of para-hydroxylation sites is 1. The Morgan fingerprint density at radius 3 is 2.32 bits per heavy atom. The van der Waals surface area contributed by atoms with Crippen molar-refractivity contribution in [1.82, 2.24) is 20.2 Å².